The molecule has 1 aliphatic rings. The lowest BCUT2D eigenvalue weighted by Crippen LogP contribution is -2.32. The predicted octanol–water partition coefficient (Wildman–Crippen LogP) is 3.39. The quantitative estimate of drug-likeness (QED) is 0.718. The van der Waals surface area contributed by atoms with Gasteiger partial charge < -0.3 is 9.30 Å². The average Bonchev–Trinajstić information content (AvgIpc) is 3.16. The van der Waals surface area contributed by atoms with E-state index in [4.69, 9.17) is 16.3 Å². The van der Waals surface area contributed by atoms with E-state index in [1.54, 1.807) is 4.68 Å². The highest BCUT2D eigenvalue weighted by Crippen LogP contribution is 2.30. The fourth-order valence-electron chi connectivity index (χ4n) is 3.20. The van der Waals surface area contributed by atoms with Gasteiger partial charge in [0, 0.05) is 44.4 Å². The number of hydrogen-bond acceptors (Lipinski definition) is 4. The smallest absolute Gasteiger partial charge is 0.222 e. The maximum Gasteiger partial charge on any atom is 0.222 e. The van der Waals surface area contributed by atoms with Crippen LogP contribution in [0, 0.1) is 6.92 Å². The Morgan fingerprint density at radius 1 is 1.20 bits per heavy atom. The van der Waals surface area contributed by atoms with E-state index in [0.717, 1.165) is 49.1 Å². The normalized spacial score (nSPS) is 14.5. The molecule has 0 amide bonds. The zero-order chi connectivity index (χ0) is 17.4. The molecule has 0 unspecified atom stereocenters. The number of imidazole rings is 1. The molecule has 4 rings (SSSR count). The van der Waals surface area contributed by atoms with Crippen LogP contribution in [-0.4, -0.2) is 30.8 Å². The summed E-state index contributed by atoms with van der Waals surface area (Å²) in [6.45, 7) is 5.65. The zero-order valence-electron chi connectivity index (χ0n) is 14.3. The molecule has 3 heterocycles. The van der Waals surface area contributed by atoms with Gasteiger partial charge in [-0.15, -0.1) is 0 Å². The van der Waals surface area contributed by atoms with Crippen LogP contribution in [0.15, 0.2) is 36.8 Å². The number of aryl methyl sites for hydroxylation is 2. The van der Waals surface area contributed by atoms with Gasteiger partial charge in [0.25, 0.3) is 0 Å². The molecule has 0 aliphatic carbocycles. The molecule has 0 saturated heterocycles. The van der Waals surface area contributed by atoms with Crippen LogP contribution < -0.4 is 4.74 Å². The standard InChI is InChI=1S/C18H20ClN5O/c1-13-17(11-23-7-8-24-12-20-9-15(24)10-23)18(22(2)21-13)25-16-5-3-14(19)4-6-16/h3-6,9,12H,7-8,10-11H2,1-2H3. The third kappa shape index (κ3) is 3.27. The van der Waals surface area contributed by atoms with E-state index < -0.39 is 0 Å². The highest BCUT2D eigenvalue weighted by Gasteiger charge is 2.22. The third-order valence-corrected chi connectivity index (χ3v) is 4.79. The Hall–Kier alpha value is -2.31. The van der Waals surface area contributed by atoms with Crippen molar-refractivity contribution in [3.8, 4) is 11.6 Å². The molecule has 130 valence electrons. The average molecular weight is 358 g/mol. The number of aromatic nitrogens is 4. The summed E-state index contributed by atoms with van der Waals surface area (Å²) < 4.78 is 10.1. The van der Waals surface area contributed by atoms with Gasteiger partial charge in [-0.1, -0.05) is 11.6 Å². The van der Waals surface area contributed by atoms with Crippen molar-refractivity contribution in [3.05, 3.63) is 58.8 Å². The van der Waals surface area contributed by atoms with E-state index in [1.165, 1.54) is 5.69 Å². The molecule has 1 aromatic carbocycles. The van der Waals surface area contributed by atoms with Crippen LogP contribution in [0.3, 0.4) is 0 Å². The maximum absolute atomic E-state index is 6.11. The van der Waals surface area contributed by atoms with Gasteiger partial charge in [0.15, 0.2) is 0 Å². The summed E-state index contributed by atoms with van der Waals surface area (Å²) in [5.74, 6) is 1.53. The minimum absolute atomic E-state index is 0.693. The molecule has 0 spiro atoms. The zero-order valence-corrected chi connectivity index (χ0v) is 15.1. The lowest BCUT2D eigenvalue weighted by atomic mass is 10.2. The Balaban J connectivity index is 1.56. The molecule has 0 bridgehead atoms. The molecule has 0 saturated carbocycles. The highest BCUT2D eigenvalue weighted by molar-refractivity contribution is 6.30. The first kappa shape index (κ1) is 16.2. The lowest BCUT2D eigenvalue weighted by molar-refractivity contribution is 0.210. The second-order valence-corrected chi connectivity index (χ2v) is 6.77. The second kappa shape index (κ2) is 6.54. The number of rotatable bonds is 4. The Kier molecular flexibility index (Phi) is 4.23. The number of nitrogens with zero attached hydrogens (tertiary/aromatic N) is 5. The largest absolute Gasteiger partial charge is 0.439 e. The third-order valence-electron chi connectivity index (χ3n) is 4.54. The van der Waals surface area contributed by atoms with Crippen molar-refractivity contribution in [1.82, 2.24) is 24.2 Å². The first-order chi connectivity index (χ1) is 12.1. The van der Waals surface area contributed by atoms with Gasteiger partial charge in [-0.2, -0.15) is 5.10 Å². The molecule has 2 aromatic heterocycles. The Morgan fingerprint density at radius 2 is 2.00 bits per heavy atom. The Bertz CT molecular complexity index is 884. The molecule has 1 aliphatic heterocycles. The fraction of sp³-hybridized carbons (Fsp3) is 0.333. The van der Waals surface area contributed by atoms with Crippen molar-refractivity contribution in [2.75, 3.05) is 6.54 Å². The van der Waals surface area contributed by atoms with E-state index in [2.05, 4.69) is 19.5 Å². The van der Waals surface area contributed by atoms with Crippen LogP contribution in [-0.2, 0) is 26.7 Å². The van der Waals surface area contributed by atoms with Gasteiger partial charge in [0.2, 0.25) is 5.88 Å². The van der Waals surface area contributed by atoms with Crippen LogP contribution >= 0.6 is 11.6 Å². The molecule has 6 nitrogen and oxygen atoms in total. The van der Waals surface area contributed by atoms with Crippen LogP contribution in [0.4, 0.5) is 0 Å². The van der Waals surface area contributed by atoms with Crippen molar-refractivity contribution in [1.29, 1.82) is 0 Å². The minimum atomic E-state index is 0.693. The lowest BCUT2D eigenvalue weighted by Gasteiger charge is -2.28. The summed E-state index contributed by atoms with van der Waals surface area (Å²) in [5, 5.41) is 5.24. The van der Waals surface area contributed by atoms with Crippen LogP contribution in [0.25, 0.3) is 0 Å². The first-order valence-electron chi connectivity index (χ1n) is 8.27. The van der Waals surface area contributed by atoms with E-state index >= 15 is 0 Å². The molecule has 7 heteroatoms. The van der Waals surface area contributed by atoms with Gasteiger partial charge in [0.1, 0.15) is 5.75 Å². The Morgan fingerprint density at radius 3 is 2.80 bits per heavy atom. The van der Waals surface area contributed by atoms with Crippen LogP contribution in [0.1, 0.15) is 17.0 Å². The number of ether oxygens (including phenoxy) is 1. The molecule has 0 fully saturated rings. The van der Waals surface area contributed by atoms with Crippen molar-refractivity contribution < 1.29 is 4.74 Å². The number of halogens is 1. The highest BCUT2D eigenvalue weighted by atomic mass is 35.5. The van der Waals surface area contributed by atoms with Crippen molar-refractivity contribution >= 4 is 11.6 Å². The van der Waals surface area contributed by atoms with Crippen LogP contribution in [0.2, 0.25) is 5.02 Å². The summed E-state index contributed by atoms with van der Waals surface area (Å²) in [6, 6.07) is 7.39. The van der Waals surface area contributed by atoms with Gasteiger partial charge in [-0.25, -0.2) is 9.67 Å². The number of benzene rings is 1. The second-order valence-electron chi connectivity index (χ2n) is 6.34. The summed E-state index contributed by atoms with van der Waals surface area (Å²) >= 11 is 5.96. The van der Waals surface area contributed by atoms with Gasteiger partial charge in [0.05, 0.1) is 23.3 Å². The molecule has 25 heavy (non-hydrogen) atoms. The SMILES string of the molecule is Cc1nn(C)c(Oc2ccc(Cl)cc2)c1CN1CCn2cncc2C1. The first-order valence-corrected chi connectivity index (χ1v) is 8.65. The maximum atomic E-state index is 6.11. The summed E-state index contributed by atoms with van der Waals surface area (Å²) in [7, 11) is 1.91. The van der Waals surface area contributed by atoms with Crippen LogP contribution in [0.5, 0.6) is 11.6 Å². The Labute approximate surface area is 151 Å². The monoisotopic (exact) mass is 357 g/mol. The molecule has 0 radical (unpaired) electrons. The molecule has 0 N–H and O–H groups in total. The van der Waals surface area contributed by atoms with Gasteiger partial charge in [-0.05, 0) is 31.2 Å². The van der Waals surface area contributed by atoms with Gasteiger partial charge >= 0.3 is 0 Å². The predicted molar refractivity (Wildman–Crippen MR) is 95.8 cm³/mol. The fourth-order valence-corrected chi connectivity index (χ4v) is 3.33. The van der Waals surface area contributed by atoms with Crippen molar-refractivity contribution in [2.24, 2.45) is 7.05 Å². The van der Waals surface area contributed by atoms with Crippen molar-refractivity contribution in [3.63, 3.8) is 0 Å². The summed E-state index contributed by atoms with van der Waals surface area (Å²) in [5.41, 5.74) is 3.35. The van der Waals surface area contributed by atoms with Gasteiger partial charge in [-0.3, -0.25) is 4.90 Å². The van der Waals surface area contributed by atoms with E-state index in [9.17, 15) is 0 Å². The molecular formula is C18H20ClN5O. The molecule has 3 aromatic rings. The molecular weight excluding hydrogens is 338 g/mol. The number of hydrogen-bond donors (Lipinski definition) is 0. The topological polar surface area (TPSA) is 48.1 Å². The summed E-state index contributed by atoms with van der Waals surface area (Å²) in [6.07, 6.45) is 3.84. The number of fused-ring (bicyclic) bond motifs is 1. The van der Waals surface area contributed by atoms with E-state index in [-0.39, 0.29) is 0 Å². The molecule has 0 atom stereocenters. The summed E-state index contributed by atoms with van der Waals surface area (Å²) in [4.78, 5) is 6.63. The van der Waals surface area contributed by atoms with E-state index in [0.29, 0.717) is 5.02 Å². The van der Waals surface area contributed by atoms with Crippen molar-refractivity contribution in [2.45, 2.75) is 26.6 Å². The minimum Gasteiger partial charge on any atom is -0.439 e. The van der Waals surface area contributed by atoms with E-state index in [1.807, 2.05) is 50.8 Å².